The van der Waals surface area contributed by atoms with Crippen LogP contribution in [-0.2, 0) is 0 Å². The van der Waals surface area contributed by atoms with Crippen LogP contribution >= 0.6 is 0 Å². The fourth-order valence-electron chi connectivity index (χ4n) is 2.36. The first-order valence-corrected chi connectivity index (χ1v) is 4.52. The summed E-state index contributed by atoms with van der Waals surface area (Å²) in [5.41, 5.74) is 3.57. The Balaban J connectivity index is 2.18. The van der Waals surface area contributed by atoms with Crippen molar-refractivity contribution in [2.45, 2.75) is 39.5 Å². The van der Waals surface area contributed by atoms with E-state index in [0.29, 0.717) is 0 Å². The van der Waals surface area contributed by atoms with Gasteiger partial charge in [-0.15, -0.1) is 0 Å². The van der Waals surface area contributed by atoms with Crippen LogP contribution in [0.15, 0.2) is 11.1 Å². The third-order valence-corrected chi connectivity index (χ3v) is 3.27. The van der Waals surface area contributed by atoms with Crippen molar-refractivity contribution in [3.05, 3.63) is 11.1 Å². The van der Waals surface area contributed by atoms with Gasteiger partial charge >= 0.3 is 0 Å². The summed E-state index contributed by atoms with van der Waals surface area (Å²) in [6.45, 7) is 4.67. The van der Waals surface area contributed by atoms with Gasteiger partial charge in [-0.2, -0.15) is 0 Å². The lowest BCUT2D eigenvalue weighted by Gasteiger charge is -2.19. The zero-order valence-electron chi connectivity index (χ0n) is 6.98. The molecule has 0 N–H and O–H groups in total. The van der Waals surface area contributed by atoms with Crippen LogP contribution in [0.1, 0.15) is 39.5 Å². The molecule has 2 aliphatic rings. The molecule has 2 aliphatic carbocycles. The van der Waals surface area contributed by atoms with Gasteiger partial charge in [-0.25, -0.2) is 0 Å². The molecule has 0 saturated heterocycles. The van der Waals surface area contributed by atoms with Crippen molar-refractivity contribution in [1.29, 1.82) is 0 Å². The number of rotatable bonds is 1. The summed E-state index contributed by atoms with van der Waals surface area (Å²) in [4.78, 5) is 0. The predicted molar refractivity (Wildman–Crippen MR) is 43.8 cm³/mol. The predicted octanol–water partition coefficient (Wildman–Crippen LogP) is 3.14. The molecular weight excluding hydrogens is 120 g/mol. The summed E-state index contributed by atoms with van der Waals surface area (Å²) in [7, 11) is 0. The van der Waals surface area contributed by atoms with E-state index in [0.717, 1.165) is 11.8 Å². The summed E-state index contributed by atoms with van der Waals surface area (Å²) in [5, 5.41) is 0. The minimum absolute atomic E-state index is 0.953. The number of hydrogen-bond acceptors (Lipinski definition) is 0. The zero-order chi connectivity index (χ0) is 7.14. The van der Waals surface area contributed by atoms with E-state index in [1.54, 1.807) is 5.57 Å². The first-order chi connectivity index (χ1) is 4.83. The Kier molecular flexibility index (Phi) is 1.36. The summed E-state index contributed by atoms with van der Waals surface area (Å²) in [6.07, 6.45) is 5.77. The van der Waals surface area contributed by atoms with Crippen molar-refractivity contribution in [2.75, 3.05) is 0 Å². The number of fused-ring (bicyclic) bond motifs is 1. The van der Waals surface area contributed by atoms with Crippen molar-refractivity contribution >= 4 is 0 Å². The summed E-state index contributed by atoms with van der Waals surface area (Å²) in [5.74, 6) is 2.00. The normalized spacial score (nSPS) is 37.8. The van der Waals surface area contributed by atoms with Crippen LogP contribution in [-0.4, -0.2) is 0 Å². The molecule has 0 aromatic carbocycles. The smallest absolute Gasteiger partial charge is 0.0163 e. The van der Waals surface area contributed by atoms with E-state index in [1.807, 2.05) is 5.57 Å². The largest absolute Gasteiger partial charge is 0.0707 e. The van der Waals surface area contributed by atoms with Gasteiger partial charge in [0, 0.05) is 0 Å². The molecule has 0 spiro atoms. The van der Waals surface area contributed by atoms with E-state index in [9.17, 15) is 0 Å². The van der Waals surface area contributed by atoms with Crippen molar-refractivity contribution in [2.24, 2.45) is 11.8 Å². The van der Waals surface area contributed by atoms with Crippen LogP contribution in [0.2, 0.25) is 0 Å². The fourth-order valence-corrected chi connectivity index (χ4v) is 2.36. The summed E-state index contributed by atoms with van der Waals surface area (Å²) < 4.78 is 0. The summed E-state index contributed by atoms with van der Waals surface area (Å²) >= 11 is 0. The molecule has 0 aromatic heterocycles. The maximum absolute atomic E-state index is 2.35. The molecule has 0 heteroatoms. The molecule has 56 valence electrons. The molecule has 0 aromatic rings. The van der Waals surface area contributed by atoms with Crippen LogP contribution in [0.5, 0.6) is 0 Å². The highest BCUT2D eigenvalue weighted by molar-refractivity contribution is 5.32. The Labute approximate surface area is 63.3 Å². The SMILES string of the molecule is CCC1CCC2CC2=C1C. The van der Waals surface area contributed by atoms with Crippen molar-refractivity contribution in [3.63, 3.8) is 0 Å². The highest BCUT2D eigenvalue weighted by Crippen LogP contribution is 2.50. The van der Waals surface area contributed by atoms with E-state index in [4.69, 9.17) is 0 Å². The quantitative estimate of drug-likeness (QED) is 0.486. The maximum atomic E-state index is 2.35. The molecule has 2 unspecified atom stereocenters. The molecule has 1 fully saturated rings. The van der Waals surface area contributed by atoms with E-state index in [1.165, 1.54) is 25.7 Å². The minimum atomic E-state index is 0.953. The lowest BCUT2D eigenvalue weighted by atomic mass is 9.87. The van der Waals surface area contributed by atoms with Crippen LogP contribution < -0.4 is 0 Å². The Morgan fingerprint density at radius 2 is 2.20 bits per heavy atom. The van der Waals surface area contributed by atoms with Crippen LogP contribution in [0.3, 0.4) is 0 Å². The second-order valence-corrected chi connectivity index (χ2v) is 3.79. The molecule has 0 nitrogen and oxygen atoms in total. The number of allylic oxidation sites excluding steroid dienone is 2. The molecule has 1 saturated carbocycles. The van der Waals surface area contributed by atoms with Gasteiger partial charge in [-0.3, -0.25) is 0 Å². The van der Waals surface area contributed by atoms with Crippen molar-refractivity contribution in [1.82, 2.24) is 0 Å². The lowest BCUT2D eigenvalue weighted by Crippen LogP contribution is -2.05. The molecule has 2 rings (SSSR count). The summed E-state index contributed by atoms with van der Waals surface area (Å²) in [6, 6.07) is 0. The van der Waals surface area contributed by atoms with Crippen molar-refractivity contribution < 1.29 is 0 Å². The highest BCUT2D eigenvalue weighted by Gasteiger charge is 2.36. The van der Waals surface area contributed by atoms with Gasteiger partial charge in [0.1, 0.15) is 0 Å². The van der Waals surface area contributed by atoms with Crippen LogP contribution in [0.25, 0.3) is 0 Å². The van der Waals surface area contributed by atoms with Gasteiger partial charge in [-0.1, -0.05) is 18.1 Å². The molecule has 0 bridgehead atoms. The van der Waals surface area contributed by atoms with E-state index in [2.05, 4.69) is 13.8 Å². The Bertz CT molecular complexity index is 176. The lowest BCUT2D eigenvalue weighted by molar-refractivity contribution is 0.483. The second-order valence-electron chi connectivity index (χ2n) is 3.79. The average molecular weight is 136 g/mol. The monoisotopic (exact) mass is 136 g/mol. The van der Waals surface area contributed by atoms with Gasteiger partial charge in [0.25, 0.3) is 0 Å². The van der Waals surface area contributed by atoms with E-state index >= 15 is 0 Å². The van der Waals surface area contributed by atoms with Crippen molar-refractivity contribution in [3.8, 4) is 0 Å². The van der Waals surface area contributed by atoms with Crippen LogP contribution in [0.4, 0.5) is 0 Å². The first kappa shape index (κ1) is 6.45. The van der Waals surface area contributed by atoms with E-state index < -0.39 is 0 Å². The van der Waals surface area contributed by atoms with Gasteiger partial charge in [0.05, 0.1) is 0 Å². The molecule has 0 radical (unpaired) electrons. The third kappa shape index (κ3) is 0.817. The van der Waals surface area contributed by atoms with Gasteiger partial charge in [0.15, 0.2) is 0 Å². The average Bonchev–Trinajstić information content (AvgIpc) is 2.68. The van der Waals surface area contributed by atoms with Gasteiger partial charge < -0.3 is 0 Å². The topological polar surface area (TPSA) is 0 Å². The molecule has 2 atom stereocenters. The molecule has 0 amide bonds. The Hall–Kier alpha value is -0.260. The number of hydrogen-bond donors (Lipinski definition) is 0. The van der Waals surface area contributed by atoms with Gasteiger partial charge in [-0.05, 0) is 44.4 Å². The molecule has 10 heavy (non-hydrogen) atoms. The van der Waals surface area contributed by atoms with E-state index in [-0.39, 0.29) is 0 Å². The van der Waals surface area contributed by atoms with Gasteiger partial charge in [0.2, 0.25) is 0 Å². The molecule has 0 heterocycles. The molecular formula is C10H16. The second kappa shape index (κ2) is 2.11. The maximum Gasteiger partial charge on any atom is -0.0163 e. The third-order valence-electron chi connectivity index (χ3n) is 3.27. The molecule has 0 aliphatic heterocycles. The Morgan fingerprint density at radius 3 is 2.90 bits per heavy atom. The van der Waals surface area contributed by atoms with Crippen LogP contribution in [0, 0.1) is 11.8 Å². The first-order valence-electron chi connectivity index (χ1n) is 4.52. The minimum Gasteiger partial charge on any atom is -0.0707 e. The standard InChI is InChI=1S/C10H16/c1-3-8-4-5-9-6-10(9)7(8)2/h8-9H,3-6H2,1-2H3. The fraction of sp³-hybridized carbons (Fsp3) is 0.800. The highest BCUT2D eigenvalue weighted by atomic mass is 14.4. The Morgan fingerprint density at radius 1 is 1.40 bits per heavy atom. The zero-order valence-corrected chi connectivity index (χ0v) is 6.98.